The van der Waals surface area contributed by atoms with Gasteiger partial charge in [-0.3, -0.25) is 0 Å². The Bertz CT molecular complexity index is 381. The zero-order chi connectivity index (χ0) is 12.7. The number of rotatable bonds is 6. The van der Waals surface area contributed by atoms with Crippen molar-refractivity contribution >= 4 is 11.7 Å². The fourth-order valence-electron chi connectivity index (χ4n) is 1.49. The zero-order valence-corrected chi connectivity index (χ0v) is 10.1. The Morgan fingerprint density at radius 2 is 2.41 bits per heavy atom. The first-order valence-corrected chi connectivity index (χ1v) is 5.43. The predicted octanol–water partition coefficient (Wildman–Crippen LogP) is 1.05. The lowest BCUT2D eigenvalue weighted by Crippen LogP contribution is -2.29. The highest BCUT2D eigenvalue weighted by molar-refractivity contribution is 5.80. The zero-order valence-electron chi connectivity index (χ0n) is 10.1. The van der Waals surface area contributed by atoms with E-state index in [0.29, 0.717) is 18.7 Å². The summed E-state index contributed by atoms with van der Waals surface area (Å²) >= 11 is 0. The molecule has 0 unspecified atom stereocenters. The molecule has 0 aliphatic carbocycles. The van der Waals surface area contributed by atoms with Crippen LogP contribution in [0.2, 0.25) is 0 Å². The van der Waals surface area contributed by atoms with E-state index in [0.717, 1.165) is 12.4 Å². The molecule has 3 N–H and O–H groups in total. The van der Waals surface area contributed by atoms with E-state index in [9.17, 15) is 0 Å². The second-order valence-corrected chi connectivity index (χ2v) is 3.45. The summed E-state index contributed by atoms with van der Waals surface area (Å²) in [5, 5.41) is 11.4. The summed E-state index contributed by atoms with van der Waals surface area (Å²) in [5.74, 6) is 1.69. The number of nitrogens with zero attached hydrogens (tertiary/aromatic N) is 3. The third-order valence-corrected chi connectivity index (χ3v) is 2.42. The maximum atomic E-state index is 8.50. The molecule has 0 aliphatic rings. The van der Waals surface area contributed by atoms with Crippen molar-refractivity contribution < 1.29 is 9.94 Å². The van der Waals surface area contributed by atoms with Crippen LogP contribution in [0.1, 0.15) is 13.3 Å². The molecule has 0 bridgehead atoms. The standard InChI is InChI=1S/C11H18N4O2/c1-3-15(8-6-10(12)14-16)11-9(17-2)5-4-7-13-11/h4-5,7,16H,3,6,8H2,1-2H3,(H2,12,14). The third-order valence-electron chi connectivity index (χ3n) is 2.42. The minimum Gasteiger partial charge on any atom is -0.493 e. The van der Waals surface area contributed by atoms with Crippen LogP contribution < -0.4 is 15.4 Å². The van der Waals surface area contributed by atoms with Gasteiger partial charge in [0.25, 0.3) is 0 Å². The van der Waals surface area contributed by atoms with Gasteiger partial charge in [0.15, 0.2) is 11.6 Å². The van der Waals surface area contributed by atoms with Crippen LogP contribution in [0.5, 0.6) is 5.75 Å². The first kappa shape index (κ1) is 13.1. The van der Waals surface area contributed by atoms with Gasteiger partial charge >= 0.3 is 0 Å². The van der Waals surface area contributed by atoms with Crippen LogP contribution in [0.4, 0.5) is 5.82 Å². The molecular formula is C11H18N4O2. The minimum atomic E-state index is 0.207. The molecule has 6 nitrogen and oxygen atoms in total. The summed E-state index contributed by atoms with van der Waals surface area (Å²) in [5.41, 5.74) is 5.45. The molecule has 1 heterocycles. The molecule has 0 saturated heterocycles. The van der Waals surface area contributed by atoms with Crippen LogP contribution in [0.15, 0.2) is 23.5 Å². The molecule has 0 aromatic carbocycles. The van der Waals surface area contributed by atoms with E-state index in [4.69, 9.17) is 15.7 Å². The summed E-state index contributed by atoms with van der Waals surface area (Å²) in [6, 6.07) is 3.67. The molecule has 0 radical (unpaired) electrons. The highest BCUT2D eigenvalue weighted by Gasteiger charge is 2.11. The normalized spacial score (nSPS) is 11.3. The van der Waals surface area contributed by atoms with Crippen LogP contribution >= 0.6 is 0 Å². The van der Waals surface area contributed by atoms with Crippen LogP contribution in [0.3, 0.4) is 0 Å². The van der Waals surface area contributed by atoms with E-state index in [1.807, 2.05) is 24.0 Å². The van der Waals surface area contributed by atoms with Gasteiger partial charge in [-0.2, -0.15) is 0 Å². The van der Waals surface area contributed by atoms with Crippen molar-refractivity contribution in [1.82, 2.24) is 4.98 Å². The number of methoxy groups -OCH3 is 1. The van der Waals surface area contributed by atoms with Gasteiger partial charge in [0.2, 0.25) is 0 Å². The molecule has 0 spiro atoms. The van der Waals surface area contributed by atoms with Crippen molar-refractivity contribution in [1.29, 1.82) is 0 Å². The van der Waals surface area contributed by atoms with Gasteiger partial charge in [-0.05, 0) is 19.1 Å². The summed E-state index contributed by atoms with van der Waals surface area (Å²) in [7, 11) is 1.61. The monoisotopic (exact) mass is 238 g/mol. The average molecular weight is 238 g/mol. The molecule has 6 heteroatoms. The summed E-state index contributed by atoms with van der Waals surface area (Å²) in [6.45, 7) is 3.41. The molecular weight excluding hydrogens is 220 g/mol. The quantitative estimate of drug-likeness (QED) is 0.335. The van der Waals surface area contributed by atoms with Gasteiger partial charge in [-0.15, -0.1) is 0 Å². The second kappa shape index (κ2) is 6.57. The Morgan fingerprint density at radius 3 is 3.00 bits per heavy atom. The van der Waals surface area contributed by atoms with Crippen molar-refractivity contribution in [3.63, 3.8) is 0 Å². The lowest BCUT2D eigenvalue weighted by Gasteiger charge is -2.23. The number of hydrogen-bond donors (Lipinski definition) is 2. The first-order chi connectivity index (χ1) is 8.22. The Kier molecular flexibility index (Phi) is 5.06. The molecule has 1 aromatic heterocycles. The maximum absolute atomic E-state index is 8.50. The summed E-state index contributed by atoms with van der Waals surface area (Å²) < 4.78 is 5.25. The number of amidine groups is 1. The van der Waals surface area contributed by atoms with Crippen LogP contribution in [-0.4, -0.2) is 36.2 Å². The highest BCUT2D eigenvalue weighted by atomic mass is 16.5. The highest BCUT2D eigenvalue weighted by Crippen LogP contribution is 2.24. The number of anilines is 1. The van der Waals surface area contributed by atoms with E-state index < -0.39 is 0 Å². The summed E-state index contributed by atoms with van der Waals surface area (Å²) in [6.07, 6.45) is 2.19. The van der Waals surface area contributed by atoms with E-state index in [-0.39, 0.29) is 5.84 Å². The van der Waals surface area contributed by atoms with Gasteiger partial charge in [-0.25, -0.2) is 4.98 Å². The SMILES string of the molecule is CCN(CC/C(N)=N/O)c1ncccc1OC. The third kappa shape index (κ3) is 3.51. The number of nitrogens with two attached hydrogens (primary N) is 1. The van der Waals surface area contributed by atoms with Crippen molar-refractivity contribution in [2.45, 2.75) is 13.3 Å². The largest absolute Gasteiger partial charge is 0.493 e. The lowest BCUT2D eigenvalue weighted by atomic mass is 10.3. The summed E-state index contributed by atoms with van der Waals surface area (Å²) in [4.78, 5) is 6.29. The number of hydrogen-bond acceptors (Lipinski definition) is 5. The lowest BCUT2D eigenvalue weighted by molar-refractivity contribution is 0.317. The fraction of sp³-hybridized carbons (Fsp3) is 0.455. The van der Waals surface area contributed by atoms with Gasteiger partial charge < -0.3 is 20.6 Å². The molecule has 1 aromatic rings. The van der Waals surface area contributed by atoms with Gasteiger partial charge in [0, 0.05) is 25.7 Å². The Labute approximate surface area is 101 Å². The molecule has 0 saturated carbocycles. The minimum absolute atomic E-state index is 0.207. The number of aromatic nitrogens is 1. The van der Waals surface area contributed by atoms with E-state index >= 15 is 0 Å². The predicted molar refractivity (Wildman–Crippen MR) is 66.7 cm³/mol. The van der Waals surface area contributed by atoms with Crippen LogP contribution in [0.25, 0.3) is 0 Å². The number of pyridine rings is 1. The molecule has 0 aliphatic heterocycles. The molecule has 0 fully saturated rings. The Balaban J connectivity index is 2.79. The van der Waals surface area contributed by atoms with Crippen molar-refractivity contribution in [3.8, 4) is 5.75 Å². The van der Waals surface area contributed by atoms with E-state index in [1.54, 1.807) is 13.3 Å². The van der Waals surface area contributed by atoms with Crippen molar-refractivity contribution in [2.24, 2.45) is 10.9 Å². The van der Waals surface area contributed by atoms with E-state index in [2.05, 4.69) is 10.1 Å². The van der Waals surface area contributed by atoms with Crippen LogP contribution in [-0.2, 0) is 0 Å². The average Bonchev–Trinajstić information content (AvgIpc) is 2.39. The van der Waals surface area contributed by atoms with E-state index in [1.165, 1.54) is 0 Å². The van der Waals surface area contributed by atoms with Crippen molar-refractivity contribution in [3.05, 3.63) is 18.3 Å². The smallest absolute Gasteiger partial charge is 0.171 e. The van der Waals surface area contributed by atoms with Gasteiger partial charge in [-0.1, -0.05) is 5.16 Å². The van der Waals surface area contributed by atoms with Gasteiger partial charge in [0.1, 0.15) is 5.84 Å². The number of oxime groups is 1. The first-order valence-electron chi connectivity index (χ1n) is 5.43. The molecule has 0 amide bonds. The molecule has 0 atom stereocenters. The topological polar surface area (TPSA) is 84.0 Å². The maximum Gasteiger partial charge on any atom is 0.171 e. The van der Waals surface area contributed by atoms with Crippen LogP contribution in [0, 0.1) is 0 Å². The molecule has 94 valence electrons. The van der Waals surface area contributed by atoms with Gasteiger partial charge in [0.05, 0.1) is 7.11 Å². The molecule has 1 rings (SSSR count). The second-order valence-electron chi connectivity index (χ2n) is 3.45. The molecule has 17 heavy (non-hydrogen) atoms. The Hall–Kier alpha value is -1.98. The fourth-order valence-corrected chi connectivity index (χ4v) is 1.49. The Morgan fingerprint density at radius 1 is 1.65 bits per heavy atom. The number of ether oxygens (including phenoxy) is 1. The van der Waals surface area contributed by atoms with Crippen molar-refractivity contribution in [2.75, 3.05) is 25.1 Å².